The van der Waals surface area contributed by atoms with Gasteiger partial charge in [0.25, 0.3) is 0 Å². The number of hydrogen-bond acceptors (Lipinski definition) is 3. The summed E-state index contributed by atoms with van der Waals surface area (Å²) in [7, 11) is 0. The van der Waals surface area contributed by atoms with Gasteiger partial charge in [0, 0.05) is 22.4 Å². The van der Waals surface area contributed by atoms with E-state index in [1.54, 1.807) is 11.8 Å². The second kappa shape index (κ2) is 6.34. The predicted molar refractivity (Wildman–Crippen MR) is 86.3 cm³/mol. The first-order chi connectivity index (χ1) is 10.2. The molecule has 21 heavy (non-hydrogen) atoms. The van der Waals surface area contributed by atoms with Gasteiger partial charge in [0.2, 0.25) is 0 Å². The highest BCUT2D eigenvalue weighted by molar-refractivity contribution is 7.99. The van der Waals surface area contributed by atoms with Crippen LogP contribution in [0.2, 0.25) is 0 Å². The molecule has 3 rings (SSSR count). The molecule has 1 aliphatic carbocycles. The molecule has 0 aromatic heterocycles. The number of aryl methyl sites for hydroxylation is 1. The summed E-state index contributed by atoms with van der Waals surface area (Å²) in [6, 6.07) is 17.6. The van der Waals surface area contributed by atoms with Crippen LogP contribution >= 0.6 is 11.8 Å². The Morgan fingerprint density at radius 1 is 1.24 bits per heavy atom. The van der Waals surface area contributed by atoms with Crippen molar-refractivity contribution in [3.63, 3.8) is 0 Å². The van der Waals surface area contributed by atoms with Crippen molar-refractivity contribution in [2.75, 3.05) is 0 Å². The van der Waals surface area contributed by atoms with Crippen molar-refractivity contribution in [2.24, 2.45) is 0 Å². The molecule has 0 aliphatic heterocycles. The Kier molecular flexibility index (Phi) is 4.28. The molecule has 0 saturated heterocycles. The zero-order valence-electron chi connectivity index (χ0n) is 12.1. The lowest BCUT2D eigenvalue weighted by Crippen LogP contribution is -2.15. The van der Waals surface area contributed by atoms with Gasteiger partial charge in [-0.1, -0.05) is 35.5 Å². The summed E-state index contributed by atoms with van der Waals surface area (Å²) in [5, 5.41) is 12.9. The van der Waals surface area contributed by atoms with Gasteiger partial charge in [0.1, 0.15) is 6.07 Å². The third kappa shape index (κ3) is 3.87. The fourth-order valence-corrected chi connectivity index (χ4v) is 3.21. The molecule has 1 saturated carbocycles. The first kappa shape index (κ1) is 14.2. The highest BCUT2D eigenvalue weighted by atomic mass is 32.2. The topological polar surface area (TPSA) is 35.8 Å². The molecule has 2 aromatic carbocycles. The summed E-state index contributed by atoms with van der Waals surface area (Å²) in [6.45, 7) is 2.94. The minimum Gasteiger partial charge on any atom is -0.310 e. The lowest BCUT2D eigenvalue weighted by atomic mass is 10.1. The molecule has 0 radical (unpaired) electrons. The zero-order valence-corrected chi connectivity index (χ0v) is 12.9. The van der Waals surface area contributed by atoms with E-state index in [0.717, 1.165) is 17.0 Å². The maximum absolute atomic E-state index is 9.38. The number of nitrogens with zero attached hydrogens (tertiary/aromatic N) is 1. The smallest absolute Gasteiger partial charge is 0.100 e. The highest BCUT2D eigenvalue weighted by Gasteiger charge is 2.20. The van der Waals surface area contributed by atoms with Crippen LogP contribution in [0.15, 0.2) is 52.3 Å². The maximum atomic E-state index is 9.38. The second-order valence-corrected chi connectivity index (χ2v) is 6.63. The Morgan fingerprint density at radius 3 is 2.81 bits per heavy atom. The molecule has 106 valence electrons. The van der Waals surface area contributed by atoms with Crippen LogP contribution in [-0.4, -0.2) is 6.04 Å². The number of benzene rings is 2. The average molecular weight is 294 g/mol. The number of nitrogens with one attached hydrogen (secondary N) is 1. The molecule has 1 fully saturated rings. The summed E-state index contributed by atoms with van der Waals surface area (Å²) in [5.74, 6) is 0. The summed E-state index contributed by atoms with van der Waals surface area (Å²) < 4.78 is 0. The Labute approximate surface area is 130 Å². The Morgan fingerprint density at radius 2 is 2.10 bits per heavy atom. The van der Waals surface area contributed by atoms with E-state index in [0.29, 0.717) is 6.04 Å². The van der Waals surface area contributed by atoms with Crippen LogP contribution in [0.3, 0.4) is 0 Å². The van der Waals surface area contributed by atoms with E-state index in [1.165, 1.54) is 28.9 Å². The Hall–Kier alpha value is -1.76. The van der Waals surface area contributed by atoms with Crippen LogP contribution in [0.5, 0.6) is 0 Å². The molecule has 1 aliphatic rings. The maximum Gasteiger partial charge on any atom is 0.100 e. The lowest BCUT2D eigenvalue weighted by Gasteiger charge is -2.08. The van der Waals surface area contributed by atoms with Crippen LogP contribution in [0.1, 0.15) is 29.5 Å². The van der Waals surface area contributed by atoms with Gasteiger partial charge in [0.15, 0.2) is 0 Å². The van der Waals surface area contributed by atoms with Crippen molar-refractivity contribution in [2.45, 2.75) is 42.1 Å². The molecule has 0 amide bonds. The van der Waals surface area contributed by atoms with Crippen molar-refractivity contribution in [1.82, 2.24) is 5.32 Å². The van der Waals surface area contributed by atoms with Gasteiger partial charge in [-0.2, -0.15) is 5.26 Å². The van der Waals surface area contributed by atoms with Crippen LogP contribution in [0.25, 0.3) is 0 Å². The molecule has 0 heterocycles. The predicted octanol–water partition coefficient (Wildman–Crippen LogP) is 4.27. The molecule has 0 unspecified atom stereocenters. The highest BCUT2D eigenvalue weighted by Crippen LogP contribution is 2.31. The van der Waals surface area contributed by atoms with Crippen LogP contribution < -0.4 is 5.32 Å². The van der Waals surface area contributed by atoms with E-state index in [-0.39, 0.29) is 0 Å². The molecule has 0 atom stereocenters. The largest absolute Gasteiger partial charge is 0.310 e. The number of hydrogen-bond donors (Lipinski definition) is 1. The number of rotatable bonds is 5. The summed E-state index contributed by atoms with van der Waals surface area (Å²) >= 11 is 1.66. The molecule has 2 nitrogen and oxygen atoms in total. The van der Waals surface area contributed by atoms with Gasteiger partial charge in [-0.3, -0.25) is 0 Å². The zero-order chi connectivity index (χ0) is 14.7. The normalized spacial score (nSPS) is 13.9. The van der Waals surface area contributed by atoms with Crippen LogP contribution in [0.4, 0.5) is 0 Å². The fraction of sp³-hybridized carbons (Fsp3) is 0.278. The van der Waals surface area contributed by atoms with Crippen molar-refractivity contribution in [1.29, 1.82) is 5.26 Å². The molecule has 0 bridgehead atoms. The SMILES string of the molecule is Cc1cccc(Sc2ccc(CNC3CC3)cc2C#N)c1. The molecule has 2 aromatic rings. The van der Waals surface area contributed by atoms with Crippen molar-refractivity contribution in [3.05, 3.63) is 59.2 Å². The van der Waals surface area contributed by atoms with Crippen LogP contribution in [-0.2, 0) is 6.54 Å². The summed E-state index contributed by atoms with van der Waals surface area (Å²) in [4.78, 5) is 2.20. The minimum absolute atomic E-state index is 0.692. The fourth-order valence-electron chi connectivity index (χ4n) is 2.22. The van der Waals surface area contributed by atoms with Gasteiger partial charge >= 0.3 is 0 Å². The monoisotopic (exact) mass is 294 g/mol. The summed E-state index contributed by atoms with van der Waals surface area (Å²) in [6.07, 6.45) is 2.57. The molecule has 0 spiro atoms. The van der Waals surface area contributed by atoms with Gasteiger partial charge in [-0.15, -0.1) is 0 Å². The van der Waals surface area contributed by atoms with Crippen molar-refractivity contribution < 1.29 is 0 Å². The van der Waals surface area contributed by atoms with E-state index in [9.17, 15) is 5.26 Å². The quantitative estimate of drug-likeness (QED) is 0.894. The first-order valence-electron chi connectivity index (χ1n) is 7.25. The van der Waals surface area contributed by atoms with Gasteiger partial charge < -0.3 is 5.32 Å². The third-order valence-electron chi connectivity index (χ3n) is 3.55. The van der Waals surface area contributed by atoms with Crippen molar-refractivity contribution in [3.8, 4) is 6.07 Å². The first-order valence-corrected chi connectivity index (χ1v) is 8.07. The van der Waals surface area contributed by atoms with E-state index in [1.807, 2.05) is 6.07 Å². The molecular formula is C18H18N2S. The average Bonchev–Trinajstić information content (AvgIpc) is 3.30. The van der Waals surface area contributed by atoms with E-state index in [2.05, 4.69) is 54.7 Å². The summed E-state index contributed by atoms with van der Waals surface area (Å²) in [5.41, 5.74) is 3.19. The molecule has 1 N–H and O–H groups in total. The van der Waals surface area contributed by atoms with E-state index in [4.69, 9.17) is 0 Å². The van der Waals surface area contributed by atoms with Gasteiger partial charge in [0.05, 0.1) is 5.56 Å². The third-order valence-corrected chi connectivity index (χ3v) is 4.62. The number of nitriles is 1. The van der Waals surface area contributed by atoms with Gasteiger partial charge in [-0.05, 0) is 49.6 Å². The lowest BCUT2D eigenvalue weighted by molar-refractivity contribution is 0.687. The van der Waals surface area contributed by atoms with Crippen LogP contribution in [0, 0.1) is 18.3 Å². The Bertz CT molecular complexity index is 684. The van der Waals surface area contributed by atoms with Gasteiger partial charge in [-0.25, -0.2) is 0 Å². The van der Waals surface area contributed by atoms with E-state index >= 15 is 0 Å². The Balaban J connectivity index is 1.76. The minimum atomic E-state index is 0.692. The van der Waals surface area contributed by atoms with E-state index < -0.39 is 0 Å². The molecule has 3 heteroatoms. The second-order valence-electron chi connectivity index (χ2n) is 5.52. The molecular weight excluding hydrogens is 276 g/mol. The standard InChI is InChI=1S/C18H18N2S/c1-13-3-2-4-17(9-13)21-18-8-5-14(10-15(18)11-19)12-20-16-6-7-16/h2-5,8-10,16,20H,6-7,12H2,1H3. The van der Waals surface area contributed by atoms with Crippen molar-refractivity contribution >= 4 is 11.8 Å².